The summed E-state index contributed by atoms with van der Waals surface area (Å²) in [6.07, 6.45) is -1.93. The topological polar surface area (TPSA) is 106 Å². The predicted octanol–water partition coefficient (Wildman–Crippen LogP) is 6.64. The summed E-state index contributed by atoms with van der Waals surface area (Å²) >= 11 is 0. The van der Waals surface area contributed by atoms with Gasteiger partial charge in [0.05, 0.1) is 11.7 Å². The van der Waals surface area contributed by atoms with Gasteiger partial charge in [-0.05, 0) is 66.1 Å². The Bertz CT molecular complexity index is 1980. The zero-order valence-corrected chi connectivity index (χ0v) is 25.9. The number of carbonyl (C=O) groups is 1. The molecule has 46 heavy (non-hydrogen) atoms. The number of pyridine rings is 1. The number of sulfonamides is 1. The number of halogens is 3. The van der Waals surface area contributed by atoms with Crippen molar-refractivity contribution in [2.75, 3.05) is 13.1 Å². The Balaban J connectivity index is 1.76. The highest BCUT2D eigenvalue weighted by atomic mass is 32.2. The van der Waals surface area contributed by atoms with Gasteiger partial charge in [0.2, 0.25) is 0 Å². The second-order valence-electron chi connectivity index (χ2n) is 11.8. The molecular weight excluding hydrogens is 621 g/mol. The molecule has 242 valence electrons. The van der Waals surface area contributed by atoms with Crippen LogP contribution in [-0.4, -0.2) is 47.6 Å². The fourth-order valence-electron chi connectivity index (χ4n) is 6.62. The molecule has 1 aromatic heterocycles. The number of alkyl halides is 3. The van der Waals surface area contributed by atoms with E-state index in [0.717, 1.165) is 44.6 Å². The number of benzene rings is 3. The summed E-state index contributed by atoms with van der Waals surface area (Å²) in [7, 11) is -4.57. The molecule has 2 aliphatic rings. The second kappa shape index (κ2) is 12.2. The first-order valence-corrected chi connectivity index (χ1v) is 16.7. The Hall–Kier alpha value is -4.16. The minimum Gasteiger partial charge on any atom is -0.484 e. The number of hydrogen-bond acceptors (Lipinski definition) is 5. The van der Waals surface area contributed by atoms with E-state index in [2.05, 4.69) is 0 Å². The van der Waals surface area contributed by atoms with Crippen molar-refractivity contribution in [2.24, 2.45) is 0 Å². The summed E-state index contributed by atoms with van der Waals surface area (Å²) in [5.41, 5.74) is -1.43. The van der Waals surface area contributed by atoms with Crippen molar-refractivity contribution in [3.63, 3.8) is 0 Å². The molecule has 0 saturated heterocycles. The molecule has 1 aliphatic heterocycles. The fourth-order valence-corrected chi connectivity index (χ4v) is 8.59. The van der Waals surface area contributed by atoms with Crippen LogP contribution in [0.15, 0.2) is 76.6 Å². The maximum absolute atomic E-state index is 14.5. The lowest BCUT2D eigenvalue weighted by Crippen LogP contribution is -2.50. The Labute approximate surface area is 264 Å². The number of carboxylic acid groups (broad SMARTS) is 1. The highest BCUT2D eigenvalue weighted by Gasteiger charge is 2.45. The summed E-state index contributed by atoms with van der Waals surface area (Å²) in [6, 6.07) is 15.6. The summed E-state index contributed by atoms with van der Waals surface area (Å²) in [5, 5.41) is 11.3. The largest absolute Gasteiger partial charge is 0.484 e. The molecule has 1 saturated carbocycles. The van der Waals surface area contributed by atoms with Crippen LogP contribution in [0.2, 0.25) is 0 Å². The smallest absolute Gasteiger partial charge is 0.416 e. The van der Waals surface area contributed by atoms with E-state index in [9.17, 15) is 36.3 Å². The van der Waals surface area contributed by atoms with E-state index in [1.54, 1.807) is 6.92 Å². The molecule has 0 bridgehead atoms. The molecule has 2 heterocycles. The first kappa shape index (κ1) is 31.8. The first-order chi connectivity index (χ1) is 21.9. The van der Waals surface area contributed by atoms with E-state index < -0.39 is 57.0 Å². The third-order valence-corrected chi connectivity index (χ3v) is 10.7. The van der Waals surface area contributed by atoms with Gasteiger partial charge in [-0.3, -0.25) is 9.36 Å². The molecule has 12 heteroatoms. The Morgan fingerprint density at radius 3 is 2.41 bits per heavy atom. The SMILES string of the molecule is CCCN1CC(C(=O)O)n2c(c(-c3cccc(C(F)(F)F)c3)c(Cc3cccc4ccccc34)c(OC3CCCC3)c2=O)S1(=O)=O. The van der Waals surface area contributed by atoms with E-state index in [-0.39, 0.29) is 35.4 Å². The number of fused-ring (bicyclic) bond motifs is 2. The molecule has 0 spiro atoms. The minimum absolute atomic E-state index is 0.0404. The van der Waals surface area contributed by atoms with Crippen molar-refractivity contribution >= 4 is 26.8 Å². The third-order valence-electron chi connectivity index (χ3n) is 8.76. The maximum atomic E-state index is 14.5. The lowest BCUT2D eigenvalue weighted by atomic mass is 9.92. The van der Waals surface area contributed by atoms with Crippen LogP contribution in [0.4, 0.5) is 13.2 Å². The van der Waals surface area contributed by atoms with Crippen LogP contribution in [0.3, 0.4) is 0 Å². The molecule has 1 aliphatic carbocycles. The monoisotopic (exact) mass is 654 g/mol. The Kier molecular flexibility index (Phi) is 8.45. The van der Waals surface area contributed by atoms with Gasteiger partial charge in [-0.2, -0.15) is 17.5 Å². The number of aromatic nitrogens is 1. The Morgan fingerprint density at radius 2 is 1.72 bits per heavy atom. The summed E-state index contributed by atoms with van der Waals surface area (Å²) in [5.74, 6) is -1.68. The predicted molar refractivity (Wildman–Crippen MR) is 167 cm³/mol. The highest BCUT2D eigenvalue weighted by Crippen LogP contribution is 2.43. The maximum Gasteiger partial charge on any atom is 0.416 e. The van der Waals surface area contributed by atoms with Crippen molar-refractivity contribution in [3.05, 3.63) is 93.8 Å². The average Bonchev–Trinajstić information content (AvgIpc) is 3.53. The van der Waals surface area contributed by atoms with Crippen LogP contribution < -0.4 is 10.3 Å². The number of hydrogen-bond donors (Lipinski definition) is 1. The lowest BCUT2D eigenvalue weighted by Gasteiger charge is -2.36. The molecule has 1 unspecified atom stereocenters. The van der Waals surface area contributed by atoms with Gasteiger partial charge in [-0.15, -0.1) is 0 Å². The molecule has 0 amide bonds. The summed E-state index contributed by atoms with van der Waals surface area (Å²) in [6.45, 7) is 1.18. The van der Waals surface area contributed by atoms with E-state index in [0.29, 0.717) is 24.8 Å². The van der Waals surface area contributed by atoms with E-state index >= 15 is 0 Å². The number of nitrogens with zero attached hydrogens (tertiary/aromatic N) is 2. The van der Waals surface area contributed by atoms with Gasteiger partial charge in [-0.1, -0.05) is 61.5 Å². The molecule has 3 aromatic carbocycles. The van der Waals surface area contributed by atoms with Gasteiger partial charge in [-0.25, -0.2) is 13.2 Å². The standard InChI is InChI=1S/C34H33F3N2O6S/c1-2-17-38-20-28(33(41)42)39-31(40)30(45-25-14-4-5-15-25)27(19-22-11-7-10-21-9-3-6-16-26(21)22)29(32(39)46(38,43)44)23-12-8-13-24(18-23)34(35,36)37/h3,6-13,16,18,25,28H,2,4-5,14-15,17,19-20H2,1H3,(H,41,42). The van der Waals surface area contributed by atoms with E-state index in [1.807, 2.05) is 42.5 Å². The van der Waals surface area contributed by atoms with Gasteiger partial charge in [0.25, 0.3) is 15.6 Å². The molecule has 1 atom stereocenters. The van der Waals surface area contributed by atoms with Gasteiger partial charge >= 0.3 is 12.1 Å². The first-order valence-electron chi connectivity index (χ1n) is 15.3. The molecule has 6 rings (SSSR count). The van der Waals surface area contributed by atoms with Crippen LogP contribution >= 0.6 is 0 Å². The van der Waals surface area contributed by atoms with Crippen LogP contribution in [0.1, 0.15) is 61.8 Å². The number of ether oxygens (including phenoxy) is 1. The molecule has 1 fully saturated rings. The minimum atomic E-state index is -4.75. The van der Waals surface area contributed by atoms with Crippen LogP contribution in [0.5, 0.6) is 5.75 Å². The van der Waals surface area contributed by atoms with Crippen molar-refractivity contribution in [1.29, 1.82) is 0 Å². The molecular formula is C34H33F3N2O6S. The molecule has 1 N–H and O–H groups in total. The quantitative estimate of drug-likeness (QED) is 0.229. The van der Waals surface area contributed by atoms with Crippen LogP contribution in [0, 0.1) is 0 Å². The van der Waals surface area contributed by atoms with Gasteiger partial charge < -0.3 is 9.84 Å². The number of aliphatic carboxylic acids is 1. The van der Waals surface area contributed by atoms with E-state index in [4.69, 9.17) is 4.74 Å². The van der Waals surface area contributed by atoms with Gasteiger partial charge in [0.15, 0.2) is 10.8 Å². The third kappa shape index (κ3) is 5.68. The zero-order valence-electron chi connectivity index (χ0n) is 25.1. The van der Waals surface area contributed by atoms with Crippen molar-refractivity contribution in [2.45, 2.75) is 68.8 Å². The zero-order chi connectivity index (χ0) is 32.8. The van der Waals surface area contributed by atoms with Crippen LogP contribution in [-0.2, 0) is 27.4 Å². The van der Waals surface area contributed by atoms with Crippen molar-refractivity contribution < 1.29 is 36.2 Å². The highest BCUT2D eigenvalue weighted by molar-refractivity contribution is 7.89. The van der Waals surface area contributed by atoms with Crippen molar-refractivity contribution in [3.8, 4) is 16.9 Å². The average molecular weight is 655 g/mol. The fraction of sp³-hybridized carbons (Fsp3) is 0.353. The Morgan fingerprint density at radius 1 is 1.02 bits per heavy atom. The van der Waals surface area contributed by atoms with Gasteiger partial charge in [0.1, 0.15) is 6.04 Å². The van der Waals surface area contributed by atoms with Gasteiger partial charge in [0, 0.05) is 30.6 Å². The molecule has 8 nitrogen and oxygen atoms in total. The molecule has 0 radical (unpaired) electrons. The summed E-state index contributed by atoms with van der Waals surface area (Å²) in [4.78, 5) is 27.1. The lowest BCUT2D eigenvalue weighted by molar-refractivity contribution is -0.141. The number of rotatable bonds is 8. The van der Waals surface area contributed by atoms with Crippen LogP contribution in [0.25, 0.3) is 21.9 Å². The van der Waals surface area contributed by atoms with Crippen molar-refractivity contribution in [1.82, 2.24) is 8.87 Å². The number of carboxylic acids is 1. The summed E-state index contributed by atoms with van der Waals surface area (Å²) < 4.78 is 79.0. The molecule has 4 aromatic rings. The second-order valence-corrected chi connectivity index (χ2v) is 13.7. The van der Waals surface area contributed by atoms with E-state index in [1.165, 1.54) is 12.1 Å². The normalized spacial score (nSPS) is 18.5.